The Morgan fingerprint density at radius 2 is 2.00 bits per heavy atom. The molecular weight excluding hydrogens is 346 g/mol. The molecule has 0 bridgehead atoms. The van der Waals surface area contributed by atoms with E-state index in [1.807, 2.05) is 31.6 Å². The maximum atomic E-state index is 12.0. The Hall–Kier alpha value is -1.89. The van der Waals surface area contributed by atoms with Crippen LogP contribution in [0.2, 0.25) is 5.02 Å². The van der Waals surface area contributed by atoms with Gasteiger partial charge in [0.05, 0.1) is 12.6 Å². The summed E-state index contributed by atoms with van der Waals surface area (Å²) in [5.74, 6) is -0.552. The minimum absolute atomic E-state index is 0.0735. The Bertz CT molecular complexity index is 689. The molecule has 1 aromatic heterocycles. The summed E-state index contributed by atoms with van der Waals surface area (Å²) in [7, 11) is 3.94. The van der Waals surface area contributed by atoms with Gasteiger partial charge < -0.3 is 15.5 Å². The first-order valence-corrected chi connectivity index (χ1v) is 8.73. The number of hydrogen-bond donors (Lipinski definition) is 2. The van der Waals surface area contributed by atoms with Gasteiger partial charge in [0, 0.05) is 22.0 Å². The summed E-state index contributed by atoms with van der Waals surface area (Å²) < 4.78 is 0. The van der Waals surface area contributed by atoms with Crippen LogP contribution in [0.25, 0.3) is 0 Å². The second kappa shape index (κ2) is 8.82. The molecule has 0 saturated heterocycles. The lowest BCUT2D eigenvalue weighted by Crippen LogP contribution is -2.40. The summed E-state index contributed by atoms with van der Waals surface area (Å²) in [6.45, 7) is 0.412. The van der Waals surface area contributed by atoms with Crippen LogP contribution in [0.3, 0.4) is 0 Å². The average Bonchev–Trinajstić information content (AvgIpc) is 3.06. The molecular formula is C17H20ClN3O2S. The zero-order chi connectivity index (χ0) is 17.5. The van der Waals surface area contributed by atoms with E-state index in [4.69, 9.17) is 11.6 Å². The van der Waals surface area contributed by atoms with Crippen LogP contribution in [0.4, 0.5) is 0 Å². The maximum Gasteiger partial charge on any atom is 0.251 e. The van der Waals surface area contributed by atoms with E-state index in [1.165, 1.54) is 4.88 Å². The van der Waals surface area contributed by atoms with Crippen molar-refractivity contribution in [3.63, 3.8) is 0 Å². The van der Waals surface area contributed by atoms with Gasteiger partial charge in [-0.1, -0.05) is 23.7 Å². The average molecular weight is 366 g/mol. The molecule has 7 heteroatoms. The van der Waals surface area contributed by atoms with Crippen molar-refractivity contribution in [1.82, 2.24) is 15.5 Å². The number of rotatable bonds is 7. The number of hydrogen-bond acceptors (Lipinski definition) is 4. The van der Waals surface area contributed by atoms with Crippen molar-refractivity contribution in [1.29, 1.82) is 0 Å². The molecule has 0 fully saturated rings. The van der Waals surface area contributed by atoms with Gasteiger partial charge in [-0.05, 0) is 43.7 Å². The molecule has 2 rings (SSSR count). The maximum absolute atomic E-state index is 12.0. The standard InChI is InChI=1S/C17H20ClN3O2S/c1-21(2)14(15-7-4-8-24-15)10-19-16(22)11-20-17(23)12-5-3-6-13(18)9-12/h3-9,14H,10-11H2,1-2H3,(H,19,22)(H,20,23). The zero-order valence-corrected chi connectivity index (χ0v) is 15.2. The van der Waals surface area contributed by atoms with Crippen molar-refractivity contribution in [2.24, 2.45) is 0 Å². The van der Waals surface area contributed by atoms with Gasteiger partial charge in [0.25, 0.3) is 5.91 Å². The van der Waals surface area contributed by atoms with Crippen molar-refractivity contribution in [3.8, 4) is 0 Å². The van der Waals surface area contributed by atoms with Gasteiger partial charge in [-0.3, -0.25) is 9.59 Å². The fourth-order valence-electron chi connectivity index (χ4n) is 2.18. The predicted molar refractivity (Wildman–Crippen MR) is 97.5 cm³/mol. The molecule has 2 aromatic rings. The number of carbonyl (C=O) groups excluding carboxylic acids is 2. The summed E-state index contributed by atoms with van der Waals surface area (Å²) in [5, 5.41) is 7.94. The lowest BCUT2D eigenvalue weighted by Gasteiger charge is -2.23. The number of nitrogens with one attached hydrogen (secondary N) is 2. The molecule has 1 aromatic carbocycles. The summed E-state index contributed by atoms with van der Waals surface area (Å²) >= 11 is 7.50. The summed E-state index contributed by atoms with van der Waals surface area (Å²) in [5.41, 5.74) is 0.431. The third-order valence-corrected chi connectivity index (χ3v) is 4.69. The topological polar surface area (TPSA) is 61.4 Å². The van der Waals surface area contributed by atoms with Crippen molar-refractivity contribution in [2.45, 2.75) is 6.04 Å². The number of nitrogens with zero attached hydrogens (tertiary/aromatic N) is 1. The highest BCUT2D eigenvalue weighted by molar-refractivity contribution is 7.10. The lowest BCUT2D eigenvalue weighted by atomic mass is 10.2. The van der Waals surface area contributed by atoms with E-state index >= 15 is 0 Å². The van der Waals surface area contributed by atoms with Gasteiger partial charge >= 0.3 is 0 Å². The van der Waals surface area contributed by atoms with Crippen LogP contribution in [-0.4, -0.2) is 43.9 Å². The lowest BCUT2D eigenvalue weighted by molar-refractivity contribution is -0.120. The van der Waals surface area contributed by atoms with E-state index in [2.05, 4.69) is 15.5 Å². The highest BCUT2D eigenvalue weighted by atomic mass is 35.5. The van der Waals surface area contributed by atoms with E-state index in [0.29, 0.717) is 17.1 Å². The second-order valence-electron chi connectivity index (χ2n) is 5.49. The van der Waals surface area contributed by atoms with Crippen LogP contribution in [-0.2, 0) is 4.79 Å². The molecule has 2 N–H and O–H groups in total. The summed E-state index contributed by atoms with van der Waals surface area (Å²) in [4.78, 5) is 27.2. The molecule has 0 aliphatic heterocycles. The van der Waals surface area contributed by atoms with Crippen LogP contribution in [0.1, 0.15) is 21.3 Å². The van der Waals surface area contributed by atoms with E-state index in [0.717, 1.165) is 0 Å². The van der Waals surface area contributed by atoms with Gasteiger partial charge in [-0.25, -0.2) is 0 Å². The Kier molecular flexibility index (Phi) is 6.78. The Labute approximate surface area is 150 Å². The van der Waals surface area contributed by atoms with Gasteiger partial charge in [-0.2, -0.15) is 0 Å². The third-order valence-electron chi connectivity index (χ3n) is 3.48. The number of thiophene rings is 1. The Balaban J connectivity index is 1.81. The van der Waals surface area contributed by atoms with E-state index < -0.39 is 0 Å². The summed E-state index contributed by atoms with van der Waals surface area (Å²) in [6.07, 6.45) is 0. The Morgan fingerprint density at radius 1 is 1.21 bits per heavy atom. The van der Waals surface area contributed by atoms with Crippen LogP contribution < -0.4 is 10.6 Å². The highest BCUT2D eigenvalue weighted by Crippen LogP contribution is 2.22. The molecule has 24 heavy (non-hydrogen) atoms. The fourth-order valence-corrected chi connectivity index (χ4v) is 3.30. The molecule has 0 aliphatic rings. The molecule has 1 unspecified atom stereocenters. The van der Waals surface area contributed by atoms with E-state index in [1.54, 1.807) is 35.6 Å². The van der Waals surface area contributed by atoms with Crippen molar-refractivity contribution in [2.75, 3.05) is 27.2 Å². The first kappa shape index (κ1) is 18.4. The molecule has 1 heterocycles. The third kappa shape index (κ3) is 5.33. The van der Waals surface area contributed by atoms with Gasteiger partial charge in [0.1, 0.15) is 0 Å². The van der Waals surface area contributed by atoms with Gasteiger partial charge in [-0.15, -0.1) is 11.3 Å². The molecule has 2 amide bonds. The first-order chi connectivity index (χ1) is 11.5. The summed E-state index contributed by atoms with van der Waals surface area (Å²) in [6, 6.07) is 10.7. The number of carbonyl (C=O) groups is 2. The second-order valence-corrected chi connectivity index (χ2v) is 6.91. The van der Waals surface area contributed by atoms with Gasteiger partial charge in [0.2, 0.25) is 5.91 Å². The number of amides is 2. The number of likely N-dealkylation sites (N-methyl/N-ethyl adjacent to an activating group) is 1. The molecule has 128 valence electrons. The highest BCUT2D eigenvalue weighted by Gasteiger charge is 2.16. The predicted octanol–water partition coefficient (Wildman–Crippen LogP) is 2.55. The van der Waals surface area contributed by atoms with E-state index in [9.17, 15) is 9.59 Å². The van der Waals surface area contributed by atoms with Gasteiger partial charge in [0.15, 0.2) is 0 Å². The van der Waals surface area contributed by atoms with Crippen LogP contribution in [0.15, 0.2) is 41.8 Å². The molecule has 5 nitrogen and oxygen atoms in total. The number of benzene rings is 1. The van der Waals surface area contributed by atoms with Crippen LogP contribution in [0, 0.1) is 0 Å². The largest absolute Gasteiger partial charge is 0.353 e. The zero-order valence-electron chi connectivity index (χ0n) is 13.6. The minimum Gasteiger partial charge on any atom is -0.353 e. The quantitative estimate of drug-likeness (QED) is 0.792. The molecule has 1 atom stereocenters. The van der Waals surface area contributed by atoms with E-state index in [-0.39, 0.29) is 24.4 Å². The molecule has 0 aliphatic carbocycles. The number of halogens is 1. The van der Waals surface area contributed by atoms with Crippen molar-refractivity contribution < 1.29 is 9.59 Å². The molecule has 0 saturated carbocycles. The molecule has 0 radical (unpaired) electrons. The van der Waals surface area contributed by atoms with Crippen molar-refractivity contribution in [3.05, 3.63) is 57.2 Å². The first-order valence-electron chi connectivity index (χ1n) is 7.47. The molecule has 0 spiro atoms. The van der Waals surface area contributed by atoms with Crippen molar-refractivity contribution >= 4 is 34.8 Å². The van der Waals surface area contributed by atoms with Crippen LogP contribution in [0.5, 0.6) is 0 Å². The fraction of sp³-hybridized carbons (Fsp3) is 0.294. The smallest absolute Gasteiger partial charge is 0.251 e. The van der Waals surface area contributed by atoms with Crippen LogP contribution >= 0.6 is 22.9 Å². The Morgan fingerprint density at radius 3 is 2.62 bits per heavy atom. The SMILES string of the molecule is CN(C)C(CNC(=O)CNC(=O)c1cccc(Cl)c1)c1cccs1. The normalized spacial score (nSPS) is 12.0. The monoisotopic (exact) mass is 365 g/mol. The minimum atomic E-state index is -0.324.